The van der Waals surface area contributed by atoms with E-state index in [0.29, 0.717) is 34.6 Å². The van der Waals surface area contributed by atoms with Gasteiger partial charge in [-0.3, -0.25) is 0 Å². The Morgan fingerprint density at radius 2 is 1.24 bits per heavy atom. The Morgan fingerprint density at radius 3 is 1.76 bits per heavy atom. The van der Waals surface area contributed by atoms with Crippen LogP contribution in [0.2, 0.25) is 0 Å². The van der Waals surface area contributed by atoms with Crippen LogP contribution in [0.1, 0.15) is 0 Å². The number of ether oxygens (including phenoxy) is 5. The second kappa shape index (κ2) is 6.80. The Bertz CT molecular complexity index is 838. The molecule has 0 saturated carbocycles. The summed E-state index contributed by atoms with van der Waals surface area (Å²) in [4.78, 5) is 7.91. The number of benzene rings is 2. The molecular weight excluding hydrogens is 324 g/mol. The van der Waals surface area contributed by atoms with E-state index in [-0.39, 0.29) is 0 Å². The molecule has 0 aliphatic carbocycles. The minimum atomic E-state index is 0.535. The number of imidazole rings is 1. The van der Waals surface area contributed by atoms with Gasteiger partial charge in [0.1, 0.15) is 5.82 Å². The molecule has 3 rings (SSSR count). The molecule has 1 N–H and O–H groups in total. The zero-order valence-electron chi connectivity index (χ0n) is 14.8. The van der Waals surface area contributed by atoms with Crippen LogP contribution in [-0.4, -0.2) is 45.5 Å². The highest BCUT2D eigenvalue weighted by molar-refractivity contribution is 5.83. The van der Waals surface area contributed by atoms with Gasteiger partial charge in [0, 0.05) is 17.7 Å². The molecule has 0 atom stereocenters. The van der Waals surface area contributed by atoms with Crippen molar-refractivity contribution in [1.29, 1.82) is 0 Å². The van der Waals surface area contributed by atoms with Gasteiger partial charge in [-0.05, 0) is 12.1 Å². The number of aromatic nitrogens is 2. The van der Waals surface area contributed by atoms with Gasteiger partial charge < -0.3 is 28.7 Å². The van der Waals surface area contributed by atoms with Gasteiger partial charge in [0.2, 0.25) is 5.75 Å². The van der Waals surface area contributed by atoms with Crippen molar-refractivity contribution in [3.05, 3.63) is 24.3 Å². The maximum absolute atomic E-state index is 5.40. The van der Waals surface area contributed by atoms with Crippen molar-refractivity contribution in [2.75, 3.05) is 35.5 Å². The predicted molar refractivity (Wildman–Crippen MR) is 94.3 cm³/mol. The number of nitrogens with one attached hydrogen (secondary N) is 1. The molecule has 0 spiro atoms. The Kier molecular flexibility index (Phi) is 4.56. The molecule has 0 radical (unpaired) electrons. The van der Waals surface area contributed by atoms with Crippen LogP contribution < -0.4 is 23.7 Å². The summed E-state index contributed by atoms with van der Waals surface area (Å²) >= 11 is 0. The van der Waals surface area contributed by atoms with E-state index >= 15 is 0 Å². The van der Waals surface area contributed by atoms with E-state index in [1.807, 2.05) is 24.3 Å². The Balaban J connectivity index is 2.16. The summed E-state index contributed by atoms with van der Waals surface area (Å²) in [5, 5.41) is 0. The summed E-state index contributed by atoms with van der Waals surface area (Å²) < 4.78 is 26.8. The quantitative estimate of drug-likeness (QED) is 0.740. The zero-order chi connectivity index (χ0) is 18.0. The van der Waals surface area contributed by atoms with Crippen LogP contribution in [0.5, 0.6) is 28.7 Å². The number of fused-ring (bicyclic) bond motifs is 1. The number of hydrogen-bond acceptors (Lipinski definition) is 6. The molecule has 0 fully saturated rings. The van der Waals surface area contributed by atoms with Gasteiger partial charge in [-0.15, -0.1) is 0 Å². The van der Waals surface area contributed by atoms with E-state index in [4.69, 9.17) is 23.7 Å². The number of rotatable bonds is 6. The second-order valence-electron chi connectivity index (χ2n) is 5.22. The minimum absolute atomic E-state index is 0.535. The topological polar surface area (TPSA) is 74.8 Å². The highest BCUT2D eigenvalue weighted by Gasteiger charge is 2.17. The molecule has 0 aliphatic rings. The average molecular weight is 344 g/mol. The summed E-state index contributed by atoms with van der Waals surface area (Å²) in [5.41, 5.74) is 2.41. The third kappa shape index (κ3) is 2.88. The molecule has 25 heavy (non-hydrogen) atoms. The zero-order valence-corrected chi connectivity index (χ0v) is 14.8. The molecule has 2 aromatic carbocycles. The van der Waals surface area contributed by atoms with Gasteiger partial charge in [-0.1, -0.05) is 0 Å². The van der Waals surface area contributed by atoms with Gasteiger partial charge in [-0.25, -0.2) is 4.98 Å². The van der Waals surface area contributed by atoms with E-state index in [9.17, 15) is 0 Å². The number of H-pyrrole nitrogens is 1. The molecule has 1 heterocycles. The fourth-order valence-electron chi connectivity index (χ4n) is 2.69. The fourth-order valence-corrected chi connectivity index (χ4v) is 2.69. The molecule has 7 heteroatoms. The van der Waals surface area contributed by atoms with Gasteiger partial charge >= 0.3 is 0 Å². The molecule has 0 bridgehead atoms. The minimum Gasteiger partial charge on any atom is -0.493 e. The van der Waals surface area contributed by atoms with Crippen molar-refractivity contribution in [3.8, 4) is 40.1 Å². The van der Waals surface area contributed by atoms with Crippen LogP contribution >= 0.6 is 0 Å². The lowest BCUT2D eigenvalue weighted by molar-refractivity contribution is 0.324. The third-order valence-corrected chi connectivity index (χ3v) is 3.93. The maximum Gasteiger partial charge on any atom is 0.203 e. The van der Waals surface area contributed by atoms with Crippen LogP contribution in [0.25, 0.3) is 22.4 Å². The lowest BCUT2D eigenvalue weighted by Gasteiger charge is -2.13. The number of hydrogen-bond donors (Lipinski definition) is 1. The van der Waals surface area contributed by atoms with Crippen LogP contribution in [-0.2, 0) is 0 Å². The summed E-state index contributed by atoms with van der Waals surface area (Å²) in [6.45, 7) is 0. The molecular formula is C18H20N2O5. The first kappa shape index (κ1) is 16.8. The van der Waals surface area contributed by atoms with Crippen molar-refractivity contribution in [3.63, 3.8) is 0 Å². The highest BCUT2D eigenvalue weighted by Crippen LogP contribution is 2.41. The first-order valence-electron chi connectivity index (χ1n) is 7.57. The van der Waals surface area contributed by atoms with E-state index < -0.39 is 0 Å². The van der Waals surface area contributed by atoms with Crippen molar-refractivity contribution in [2.45, 2.75) is 0 Å². The molecule has 3 aromatic rings. The first-order chi connectivity index (χ1) is 12.1. The van der Waals surface area contributed by atoms with Gasteiger partial charge in [-0.2, -0.15) is 0 Å². The molecule has 7 nitrogen and oxygen atoms in total. The van der Waals surface area contributed by atoms with E-state index in [0.717, 1.165) is 16.6 Å². The molecule has 0 aliphatic heterocycles. The Labute approximate surface area is 145 Å². The summed E-state index contributed by atoms with van der Waals surface area (Å²) in [6.07, 6.45) is 0. The van der Waals surface area contributed by atoms with Crippen LogP contribution in [0.4, 0.5) is 0 Å². The average Bonchev–Trinajstić information content (AvgIpc) is 3.08. The van der Waals surface area contributed by atoms with Gasteiger partial charge in [0.05, 0.1) is 46.6 Å². The number of methoxy groups -OCH3 is 5. The number of aromatic amines is 1. The number of nitrogens with zero attached hydrogens (tertiary/aromatic N) is 1. The standard InChI is InChI=1S/C18H20N2O5/c1-21-13-8-11-12(9-14(13)22-2)20-18(19-11)10-6-15(23-3)17(25-5)16(7-10)24-4/h6-9H,1-5H3,(H,19,20). The predicted octanol–water partition coefficient (Wildman–Crippen LogP) is 3.27. The summed E-state index contributed by atoms with van der Waals surface area (Å²) in [6, 6.07) is 7.36. The van der Waals surface area contributed by atoms with Crippen molar-refractivity contribution < 1.29 is 23.7 Å². The Hall–Kier alpha value is -3.09. The Morgan fingerprint density at radius 1 is 0.680 bits per heavy atom. The second-order valence-corrected chi connectivity index (χ2v) is 5.22. The summed E-state index contributed by atoms with van der Waals surface area (Å²) in [5.74, 6) is 3.59. The normalized spacial score (nSPS) is 10.6. The SMILES string of the molecule is COc1cc2nc(-c3cc(OC)c(OC)c(OC)c3)[nH]c2cc1OC. The lowest BCUT2D eigenvalue weighted by Crippen LogP contribution is -1.96. The molecule has 132 valence electrons. The van der Waals surface area contributed by atoms with Crippen LogP contribution in [0.3, 0.4) is 0 Å². The smallest absolute Gasteiger partial charge is 0.203 e. The summed E-state index contributed by atoms with van der Waals surface area (Å²) in [7, 11) is 7.92. The molecule has 0 amide bonds. The first-order valence-corrected chi connectivity index (χ1v) is 7.57. The van der Waals surface area contributed by atoms with Gasteiger partial charge in [0.25, 0.3) is 0 Å². The monoisotopic (exact) mass is 344 g/mol. The van der Waals surface area contributed by atoms with Crippen molar-refractivity contribution in [1.82, 2.24) is 9.97 Å². The lowest BCUT2D eigenvalue weighted by atomic mass is 10.1. The van der Waals surface area contributed by atoms with Crippen LogP contribution in [0.15, 0.2) is 24.3 Å². The third-order valence-electron chi connectivity index (χ3n) is 3.93. The van der Waals surface area contributed by atoms with Crippen molar-refractivity contribution >= 4 is 11.0 Å². The van der Waals surface area contributed by atoms with E-state index in [1.165, 1.54) is 0 Å². The molecule has 1 aromatic heterocycles. The molecule has 0 saturated heterocycles. The molecule has 0 unspecified atom stereocenters. The van der Waals surface area contributed by atoms with Crippen molar-refractivity contribution in [2.24, 2.45) is 0 Å². The maximum atomic E-state index is 5.40. The van der Waals surface area contributed by atoms with E-state index in [2.05, 4.69) is 9.97 Å². The highest BCUT2D eigenvalue weighted by atomic mass is 16.5. The largest absolute Gasteiger partial charge is 0.493 e. The fraction of sp³-hybridized carbons (Fsp3) is 0.278. The van der Waals surface area contributed by atoms with E-state index in [1.54, 1.807) is 35.5 Å². The van der Waals surface area contributed by atoms with Crippen LogP contribution in [0, 0.1) is 0 Å². The van der Waals surface area contributed by atoms with Gasteiger partial charge in [0.15, 0.2) is 23.0 Å².